The van der Waals surface area contributed by atoms with Crippen LogP contribution in [0.2, 0.25) is 0 Å². The molecule has 0 radical (unpaired) electrons. The molecule has 2 amide bonds. The van der Waals surface area contributed by atoms with Crippen LogP contribution >= 0.6 is 0 Å². The number of fused-ring (bicyclic) bond motifs is 4. The van der Waals surface area contributed by atoms with Gasteiger partial charge in [-0.05, 0) is 132 Å². The summed E-state index contributed by atoms with van der Waals surface area (Å²) in [6.07, 6.45) is 4.42. The molecule has 0 unspecified atom stereocenters. The van der Waals surface area contributed by atoms with Gasteiger partial charge < -0.3 is 30.9 Å². The number of aromatic nitrogens is 4. The molecule has 60 heavy (non-hydrogen) atoms. The van der Waals surface area contributed by atoms with Crippen molar-refractivity contribution in [1.82, 2.24) is 19.9 Å². The number of hydrogen-bond acceptors (Lipinski definition) is 12. The summed E-state index contributed by atoms with van der Waals surface area (Å²) in [5.41, 5.74) is 21.2. The monoisotopic (exact) mass is 798 g/mol. The van der Waals surface area contributed by atoms with Crippen LogP contribution in [0.15, 0.2) is 91.5 Å². The van der Waals surface area contributed by atoms with Gasteiger partial charge in [0.1, 0.15) is 11.6 Å². The van der Waals surface area contributed by atoms with Crippen LogP contribution in [0.5, 0.6) is 0 Å². The predicted molar refractivity (Wildman–Crippen MR) is 225 cm³/mol. The van der Waals surface area contributed by atoms with E-state index in [1.807, 2.05) is 62.4 Å². The lowest BCUT2D eigenvalue weighted by Crippen LogP contribution is -2.15. The number of carbonyl (C=O) groups excluding carboxylic acids is 2. The molecule has 0 spiro atoms. The van der Waals surface area contributed by atoms with Crippen LogP contribution in [0, 0.1) is 60.2 Å². The van der Waals surface area contributed by atoms with Gasteiger partial charge in [-0.3, -0.25) is 19.6 Å². The highest BCUT2D eigenvalue weighted by Crippen LogP contribution is 2.40. The van der Waals surface area contributed by atoms with E-state index in [4.69, 9.17) is 30.8 Å². The van der Waals surface area contributed by atoms with Gasteiger partial charge in [-0.15, -0.1) is 0 Å². The van der Waals surface area contributed by atoms with E-state index in [2.05, 4.69) is 42.7 Å². The van der Waals surface area contributed by atoms with E-state index in [0.29, 0.717) is 58.1 Å². The van der Waals surface area contributed by atoms with Crippen molar-refractivity contribution < 1.29 is 18.4 Å². The Labute approximate surface area is 338 Å². The Morgan fingerprint density at radius 1 is 0.667 bits per heavy atom. The van der Waals surface area contributed by atoms with Gasteiger partial charge in [-0.25, -0.2) is 19.6 Å². The van der Waals surface area contributed by atoms with Crippen LogP contribution in [-0.4, -0.2) is 31.8 Å². The van der Waals surface area contributed by atoms with Gasteiger partial charge in [-0.1, -0.05) is 0 Å². The summed E-state index contributed by atoms with van der Waals surface area (Å²) in [6.45, 7) is 3.89. The number of rotatable bonds is 6. The standard InChI is InChI=1S/2C22H17N5O3/c2*1-10-2-18-19(30-22(29)26-18)7-14(10)11-3-12-6-20(25-9-16(12)17(24)5-11)27-21(28)15-4-13(15)8-23/h2*2-3,5-7,9,13,15H,4,24H2,1H3,(H,26,29)(H,25,27,28)/t2*13-,15+/m10/s1. The molecule has 4 heterocycles. The molecule has 0 saturated heterocycles. The Kier molecular flexibility index (Phi) is 8.90. The third-order valence-corrected chi connectivity index (χ3v) is 11.0. The lowest BCUT2D eigenvalue weighted by molar-refractivity contribution is -0.118. The predicted octanol–water partition coefficient (Wildman–Crippen LogP) is 6.65. The molecular weight excluding hydrogens is 765 g/mol. The number of hydrogen-bond donors (Lipinski definition) is 6. The molecular formula is C44H34N10O6. The van der Waals surface area contributed by atoms with E-state index in [9.17, 15) is 19.2 Å². The van der Waals surface area contributed by atoms with Gasteiger partial charge in [0.15, 0.2) is 11.2 Å². The molecule has 2 aliphatic carbocycles. The third kappa shape index (κ3) is 7.03. The molecule has 16 heteroatoms. The smallest absolute Gasteiger partial charge is 0.408 e. The number of H-pyrrole nitrogens is 2. The fourth-order valence-electron chi connectivity index (χ4n) is 7.55. The number of nitriles is 2. The Balaban J connectivity index is 0.000000154. The molecule has 8 aromatic rings. The van der Waals surface area contributed by atoms with Gasteiger partial charge in [0, 0.05) is 34.5 Å². The van der Waals surface area contributed by atoms with Crippen molar-refractivity contribution >= 4 is 78.6 Å². The average Bonchev–Trinajstić information content (AvgIpc) is 4.12. The Bertz CT molecular complexity index is 3110. The van der Waals surface area contributed by atoms with Crippen molar-refractivity contribution in [3.8, 4) is 34.4 Å². The fraction of sp³-hybridized carbons (Fsp3) is 0.182. The molecule has 2 saturated carbocycles. The topological polar surface area (TPSA) is 276 Å². The first-order chi connectivity index (χ1) is 28.8. The number of nitrogens with two attached hydrogens (primary N) is 2. The Hall–Kier alpha value is -8.24. The minimum absolute atomic E-state index is 0.193. The zero-order valence-corrected chi connectivity index (χ0v) is 32.0. The minimum atomic E-state index is -0.500. The zero-order chi connectivity index (χ0) is 42.0. The van der Waals surface area contributed by atoms with Crippen LogP contribution in [0.25, 0.3) is 66.0 Å². The van der Waals surface area contributed by atoms with Gasteiger partial charge in [0.25, 0.3) is 0 Å². The Morgan fingerprint density at radius 3 is 1.47 bits per heavy atom. The number of aromatic amines is 2. The first kappa shape index (κ1) is 37.3. The fourth-order valence-corrected chi connectivity index (χ4v) is 7.55. The number of amides is 2. The molecule has 4 aromatic carbocycles. The lowest BCUT2D eigenvalue weighted by atomic mass is 9.97. The summed E-state index contributed by atoms with van der Waals surface area (Å²) in [4.78, 5) is 61.3. The van der Waals surface area contributed by atoms with E-state index in [1.165, 1.54) is 0 Å². The highest BCUT2D eigenvalue weighted by molar-refractivity contribution is 6.02. The number of aryl methyl sites for hydroxylation is 2. The maximum atomic E-state index is 12.2. The molecule has 296 valence electrons. The molecule has 4 aromatic heterocycles. The highest BCUT2D eigenvalue weighted by atomic mass is 16.4. The van der Waals surface area contributed by atoms with Crippen molar-refractivity contribution in [2.24, 2.45) is 23.7 Å². The molecule has 0 aliphatic heterocycles. The number of pyridine rings is 2. The number of carbonyl (C=O) groups is 2. The first-order valence-corrected chi connectivity index (χ1v) is 18.9. The average molecular weight is 799 g/mol. The van der Waals surface area contributed by atoms with Gasteiger partial charge in [0.2, 0.25) is 11.8 Å². The first-order valence-electron chi connectivity index (χ1n) is 18.9. The summed E-state index contributed by atoms with van der Waals surface area (Å²) in [7, 11) is 0. The molecule has 4 atom stereocenters. The second-order valence-electron chi connectivity index (χ2n) is 15.2. The van der Waals surface area contributed by atoms with Crippen LogP contribution in [0.3, 0.4) is 0 Å². The van der Waals surface area contributed by atoms with E-state index >= 15 is 0 Å². The van der Waals surface area contributed by atoms with Crippen LogP contribution in [-0.2, 0) is 9.59 Å². The number of oxazole rings is 2. The molecule has 2 aliphatic rings. The molecule has 8 N–H and O–H groups in total. The molecule has 16 nitrogen and oxygen atoms in total. The number of benzene rings is 4. The van der Waals surface area contributed by atoms with E-state index in [-0.39, 0.29) is 35.5 Å². The molecule has 2 fully saturated rings. The van der Waals surface area contributed by atoms with Crippen LogP contribution < -0.4 is 33.6 Å². The van der Waals surface area contributed by atoms with E-state index < -0.39 is 11.5 Å². The van der Waals surface area contributed by atoms with Crippen LogP contribution in [0.4, 0.5) is 23.0 Å². The van der Waals surface area contributed by atoms with Crippen molar-refractivity contribution in [3.05, 3.63) is 105 Å². The van der Waals surface area contributed by atoms with Crippen molar-refractivity contribution in [3.63, 3.8) is 0 Å². The van der Waals surface area contributed by atoms with Gasteiger partial charge in [0.05, 0.1) is 46.8 Å². The number of nitrogens with zero attached hydrogens (tertiary/aromatic N) is 4. The highest BCUT2D eigenvalue weighted by Gasteiger charge is 2.44. The van der Waals surface area contributed by atoms with E-state index in [0.717, 1.165) is 54.9 Å². The summed E-state index contributed by atoms with van der Waals surface area (Å²) < 4.78 is 10.4. The lowest BCUT2D eigenvalue weighted by Gasteiger charge is -2.11. The number of nitrogens with one attached hydrogen (secondary N) is 4. The number of nitrogen functional groups attached to an aromatic ring is 2. The summed E-state index contributed by atoms with van der Waals surface area (Å²) in [5, 5.41) is 26.5. The second-order valence-corrected chi connectivity index (χ2v) is 15.2. The van der Waals surface area contributed by atoms with Crippen LogP contribution in [0.1, 0.15) is 24.0 Å². The quantitative estimate of drug-likeness (QED) is 0.0965. The molecule has 10 rings (SSSR count). The summed E-state index contributed by atoms with van der Waals surface area (Å²) >= 11 is 0. The van der Waals surface area contributed by atoms with Crippen molar-refractivity contribution in [2.75, 3.05) is 22.1 Å². The van der Waals surface area contributed by atoms with Crippen molar-refractivity contribution in [2.45, 2.75) is 26.7 Å². The zero-order valence-electron chi connectivity index (χ0n) is 32.0. The van der Waals surface area contributed by atoms with Gasteiger partial charge in [-0.2, -0.15) is 10.5 Å². The van der Waals surface area contributed by atoms with E-state index in [1.54, 1.807) is 24.5 Å². The summed E-state index contributed by atoms with van der Waals surface area (Å²) in [6, 6.07) is 22.7. The third-order valence-electron chi connectivity index (χ3n) is 11.0. The maximum Gasteiger partial charge on any atom is 0.417 e. The minimum Gasteiger partial charge on any atom is -0.408 e. The Morgan fingerprint density at radius 2 is 1.08 bits per heavy atom. The molecule has 0 bridgehead atoms. The summed E-state index contributed by atoms with van der Waals surface area (Å²) in [5.74, 6) is -1.52. The van der Waals surface area contributed by atoms with Crippen molar-refractivity contribution in [1.29, 1.82) is 10.5 Å². The number of anilines is 4. The van der Waals surface area contributed by atoms with Gasteiger partial charge >= 0.3 is 11.5 Å². The largest absolute Gasteiger partial charge is 0.417 e. The maximum absolute atomic E-state index is 12.2. The normalized spacial score (nSPS) is 17.7. The SMILES string of the molecule is Cc1cc2[nH]c(=O)oc2cc1-c1cc(N)c2cnc(NC(=O)[C@@H]3C[C@H]3C#N)cc2c1.Cc1cc2[nH]c(=O)oc2cc1-c1cc(N)c2cnc(NC(=O)[C@H]3C[C@@H]3C#N)cc2c1. The second kappa shape index (κ2) is 14.3.